The SMILES string of the molecule is CN(C)C1(CNCC2(CC(N)=NO)CC2)CCCC1. The zero-order valence-electron chi connectivity index (χ0n) is 12.3. The first-order chi connectivity index (χ1) is 9.02. The number of nitrogens with one attached hydrogen (secondary N) is 1. The molecule has 0 aromatic rings. The van der Waals surface area contributed by atoms with E-state index < -0.39 is 0 Å². The monoisotopic (exact) mass is 268 g/mol. The van der Waals surface area contributed by atoms with Crippen LogP contribution in [0.5, 0.6) is 0 Å². The Morgan fingerprint density at radius 3 is 2.32 bits per heavy atom. The molecular formula is C14H28N4O. The number of nitrogens with zero attached hydrogens (tertiary/aromatic N) is 2. The highest BCUT2D eigenvalue weighted by atomic mass is 16.4. The van der Waals surface area contributed by atoms with Crippen molar-refractivity contribution >= 4 is 5.84 Å². The van der Waals surface area contributed by atoms with Gasteiger partial charge in [0.15, 0.2) is 0 Å². The molecule has 0 aromatic heterocycles. The molecule has 0 amide bonds. The van der Waals surface area contributed by atoms with Crippen LogP contribution in [0.15, 0.2) is 5.16 Å². The maximum atomic E-state index is 8.67. The summed E-state index contributed by atoms with van der Waals surface area (Å²) in [5, 5.41) is 15.4. The summed E-state index contributed by atoms with van der Waals surface area (Å²) in [6.45, 7) is 2.04. The Bertz CT molecular complexity index is 330. The van der Waals surface area contributed by atoms with Crippen molar-refractivity contribution in [3.63, 3.8) is 0 Å². The van der Waals surface area contributed by atoms with Gasteiger partial charge in [-0.2, -0.15) is 0 Å². The zero-order valence-corrected chi connectivity index (χ0v) is 12.3. The van der Waals surface area contributed by atoms with E-state index in [-0.39, 0.29) is 5.41 Å². The van der Waals surface area contributed by atoms with Crippen LogP contribution in [0, 0.1) is 5.41 Å². The van der Waals surface area contributed by atoms with Crippen molar-refractivity contribution in [3.8, 4) is 0 Å². The summed E-state index contributed by atoms with van der Waals surface area (Å²) in [5.74, 6) is 0.363. The van der Waals surface area contributed by atoms with E-state index in [2.05, 4.69) is 29.5 Å². The molecule has 19 heavy (non-hydrogen) atoms. The van der Waals surface area contributed by atoms with Gasteiger partial charge in [-0.15, -0.1) is 0 Å². The predicted octanol–water partition coefficient (Wildman–Crippen LogP) is 1.37. The first-order valence-corrected chi connectivity index (χ1v) is 7.37. The Morgan fingerprint density at radius 1 is 1.21 bits per heavy atom. The molecule has 0 atom stereocenters. The number of oxime groups is 1. The van der Waals surface area contributed by atoms with Crippen LogP contribution in [-0.2, 0) is 0 Å². The normalized spacial score (nSPS) is 24.9. The highest BCUT2D eigenvalue weighted by Crippen LogP contribution is 2.48. The Hall–Kier alpha value is -0.810. The third kappa shape index (κ3) is 3.39. The first-order valence-electron chi connectivity index (χ1n) is 7.37. The van der Waals surface area contributed by atoms with E-state index in [1.807, 2.05) is 0 Å². The second-order valence-electron chi connectivity index (χ2n) is 6.70. The van der Waals surface area contributed by atoms with Crippen molar-refractivity contribution < 1.29 is 5.21 Å². The molecule has 0 aromatic carbocycles. The summed E-state index contributed by atoms with van der Waals surface area (Å²) < 4.78 is 0. The largest absolute Gasteiger partial charge is 0.409 e. The van der Waals surface area contributed by atoms with Gasteiger partial charge in [0, 0.05) is 25.0 Å². The lowest BCUT2D eigenvalue weighted by Gasteiger charge is -2.37. The van der Waals surface area contributed by atoms with Crippen LogP contribution in [0.4, 0.5) is 0 Å². The Labute approximate surface area is 116 Å². The van der Waals surface area contributed by atoms with Crippen LogP contribution in [-0.4, -0.2) is 48.7 Å². The molecule has 0 radical (unpaired) electrons. The molecule has 2 aliphatic rings. The number of hydrogen-bond donors (Lipinski definition) is 3. The molecule has 0 saturated heterocycles. The molecule has 2 saturated carbocycles. The molecule has 2 rings (SSSR count). The molecule has 4 N–H and O–H groups in total. The van der Waals surface area contributed by atoms with Crippen molar-refractivity contribution in [2.75, 3.05) is 27.2 Å². The maximum Gasteiger partial charge on any atom is 0.139 e. The lowest BCUT2D eigenvalue weighted by atomic mass is 9.95. The van der Waals surface area contributed by atoms with Gasteiger partial charge >= 0.3 is 0 Å². The van der Waals surface area contributed by atoms with E-state index in [0.717, 1.165) is 13.1 Å². The van der Waals surface area contributed by atoms with Crippen LogP contribution in [0.2, 0.25) is 0 Å². The summed E-state index contributed by atoms with van der Waals surface area (Å²) >= 11 is 0. The number of amidine groups is 1. The van der Waals surface area contributed by atoms with Gasteiger partial charge in [0.05, 0.1) is 0 Å². The second kappa shape index (κ2) is 5.67. The molecule has 2 fully saturated rings. The smallest absolute Gasteiger partial charge is 0.139 e. The van der Waals surface area contributed by atoms with Crippen molar-refractivity contribution in [2.24, 2.45) is 16.3 Å². The highest BCUT2D eigenvalue weighted by molar-refractivity contribution is 5.80. The maximum absolute atomic E-state index is 8.67. The molecule has 0 unspecified atom stereocenters. The minimum absolute atomic E-state index is 0.252. The quantitative estimate of drug-likeness (QED) is 0.282. The van der Waals surface area contributed by atoms with Gasteiger partial charge in [0.2, 0.25) is 0 Å². The van der Waals surface area contributed by atoms with E-state index >= 15 is 0 Å². The first kappa shape index (κ1) is 14.6. The fraction of sp³-hybridized carbons (Fsp3) is 0.929. The van der Waals surface area contributed by atoms with Gasteiger partial charge in [-0.05, 0) is 45.2 Å². The zero-order chi connectivity index (χ0) is 13.9. The lowest BCUT2D eigenvalue weighted by Crippen LogP contribution is -2.50. The van der Waals surface area contributed by atoms with Crippen LogP contribution in [0.1, 0.15) is 44.9 Å². The third-order valence-corrected chi connectivity index (χ3v) is 5.08. The third-order valence-electron chi connectivity index (χ3n) is 5.08. The minimum Gasteiger partial charge on any atom is -0.409 e. The lowest BCUT2D eigenvalue weighted by molar-refractivity contribution is 0.151. The topological polar surface area (TPSA) is 73.9 Å². The molecule has 0 aliphatic heterocycles. The van der Waals surface area contributed by atoms with Crippen molar-refractivity contribution in [2.45, 2.75) is 50.5 Å². The summed E-state index contributed by atoms with van der Waals surface area (Å²) in [5.41, 5.74) is 6.22. The Morgan fingerprint density at radius 2 is 1.84 bits per heavy atom. The molecule has 0 spiro atoms. The number of rotatable bonds is 7. The molecule has 5 heteroatoms. The average Bonchev–Trinajstić information content (AvgIpc) is 2.95. The van der Waals surface area contributed by atoms with Crippen molar-refractivity contribution in [1.82, 2.24) is 10.2 Å². The minimum atomic E-state index is 0.252. The second-order valence-corrected chi connectivity index (χ2v) is 6.70. The van der Waals surface area contributed by atoms with E-state index in [9.17, 15) is 0 Å². The number of hydrogen-bond acceptors (Lipinski definition) is 4. The van der Waals surface area contributed by atoms with Crippen molar-refractivity contribution in [3.05, 3.63) is 0 Å². The summed E-state index contributed by atoms with van der Waals surface area (Å²) in [6.07, 6.45) is 8.35. The summed E-state index contributed by atoms with van der Waals surface area (Å²) in [7, 11) is 4.38. The molecular weight excluding hydrogens is 240 g/mol. The van der Waals surface area contributed by atoms with Gasteiger partial charge in [-0.1, -0.05) is 18.0 Å². The summed E-state index contributed by atoms with van der Waals surface area (Å²) in [6, 6.07) is 0. The Balaban J connectivity index is 1.80. The van der Waals surface area contributed by atoms with Gasteiger partial charge in [-0.3, -0.25) is 0 Å². The molecule has 110 valence electrons. The molecule has 0 bridgehead atoms. The molecule has 5 nitrogen and oxygen atoms in total. The fourth-order valence-electron chi connectivity index (χ4n) is 3.39. The van der Waals surface area contributed by atoms with Gasteiger partial charge in [0.1, 0.15) is 5.84 Å². The molecule has 0 heterocycles. The van der Waals surface area contributed by atoms with Gasteiger partial charge < -0.3 is 21.2 Å². The van der Waals surface area contributed by atoms with Crippen LogP contribution >= 0.6 is 0 Å². The summed E-state index contributed by atoms with van der Waals surface area (Å²) in [4.78, 5) is 2.39. The van der Waals surface area contributed by atoms with Crippen LogP contribution in [0.3, 0.4) is 0 Å². The number of nitrogens with two attached hydrogens (primary N) is 1. The van der Waals surface area contributed by atoms with Crippen LogP contribution < -0.4 is 11.1 Å². The molecule has 2 aliphatic carbocycles. The van der Waals surface area contributed by atoms with E-state index in [1.54, 1.807) is 0 Å². The van der Waals surface area contributed by atoms with Gasteiger partial charge in [-0.25, -0.2) is 0 Å². The highest BCUT2D eigenvalue weighted by Gasteiger charge is 2.44. The standard InChI is InChI=1S/C14H28N4O/c1-18(2)14(5-3-4-6-14)11-16-10-13(7-8-13)9-12(15)17-19/h16,19H,3-11H2,1-2H3,(H2,15,17). The van der Waals surface area contributed by atoms with E-state index in [4.69, 9.17) is 10.9 Å². The fourth-order valence-corrected chi connectivity index (χ4v) is 3.39. The average molecular weight is 268 g/mol. The van der Waals surface area contributed by atoms with Crippen LogP contribution in [0.25, 0.3) is 0 Å². The van der Waals surface area contributed by atoms with Gasteiger partial charge in [0.25, 0.3) is 0 Å². The number of likely N-dealkylation sites (N-methyl/N-ethyl adjacent to an activating group) is 1. The van der Waals surface area contributed by atoms with E-state index in [1.165, 1.54) is 38.5 Å². The predicted molar refractivity (Wildman–Crippen MR) is 77.4 cm³/mol. The Kier molecular flexibility index (Phi) is 4.36. The van der Waals surface area contributed by atoms with Crippen molar-refractivity contribution in [1.29, 1.82) is 0 Å². The van der Waals surface area contributed by atoms with E-state index in [0.29, 0.717) is 17.8 Å².